The smallest absolute Gasteiger partial charge is 0.0547 e. The van der Waals surface area contributed by atoms with Crippen LogP contribution in [0.3, 0.4) is 0 Å². The molecule has 1 heterocycles. The number of hydrogen-bond acceptors (Lipinski definition) is 1. The molecule has 0 N–H and O–H groups in total. The summed E-state index contributed by atoms with van der Waals surface area (Å²) in [6.45, 7) is 6.87. The normalized spacial score (nSPS) is 13.3. The highest BCUT2D eigenvalue weighted by Crippen LogP contribution is 2.51. The summed E-state index contributed by atoms with van der Waals surface area (Å²) in [5.41, 5.74) is 13.8. The van der Waals surface area contributed by atoms with E-state index < -0.39 is 0 Å². The molecule has 1 aliphatic rings. The Labute approximate surface area is 247 Å². The highest BCUT2D eigenvalue weighted by molar-refractivity contribution is 6.12. The van der Waals surface area contributed by atoms with Crippen LogP contribution in [0, 0.1) is 6.92 Å². The van der Waals surface area contributed by atoms with Gasteiger partial charge in [-0.2, -0.15) is 0 Å². The molecule has 6 aromatic carbocycles. The number of fused-ring (bicyclic) bond motifs is 6. The lowest BCUT2D eigenvalue weighted by atomic mass is 9.82. The maximum atomic E-state index is 2.47. The summed E-state index contributed by atoms with van der Waals surface area (Å²) in [5.74, 6) is 0. The van der Waals surface area contributed by atoms with Crippen LogP contribution in [0.2, 0.25) is 0 Å². The molecule has 7 aromatic rings. The average Bonchev–Trinajstić information content (AvgIpc) is 3.46. The van der Waals surface area contributed by atoms with E-state index in [0.29, 0.717) is 0 Å². The van der Waals surface area contributed by atoms with Crippen molar-refractivity contribution in [2.75, 3.05) is 4.90 Å². The largest absolute Gasteiger partial charge is 0.310 e. The van der Waals surface area contributed by atoms with Gasteiger partial charge in [0.2, 0.25) is 0 Å². The van der Waals surface area contributed by atoms with Gasteiger partial charge in [-0.25, -0.2) is 0 Å². The van der Waals surface area contributed by atoms with Gasteiger partial charge in [-0.15, -0.1) is 0 Å². The second kappa shape index (κ2) is 9.22. The van der Waals surface area contributed by atoms with Gasteiger partial charge in [-0.05, 0) is 95.9 Å². The number of benzene rings is 6. The van der Waals surface area contributed by atoms with Crippen LogP contribution in [0.5, 0.6) is 0 Å². The van der Waals surface area contributed by atoms with E-state index in [-0.39, 0.29) is 5.41 Å². The van der Waals surface area contributed by atoms with Crippen molar-refractivity contribution in [3.8, 4) is 16.8 Å². The minimum Gasteiger partial charge on any atom is -0.310 e. The van der Waals surface area contributed by atoms with Gasteiger partial charge in [0.05, 0.1) is 11.0 Å². The predicted octanol–water partition coefficient (Wildman–Crippen LogP) is 10.9. The number of nitrogens with zero attached hydrogens (tertiary/aromatic N) is 2. The molecular formula is C40H32N2. The van der Waals surface area contributed by atoms with Crippen molar-refractivity contribution in [1.82, 2.24) is 4.57 Å². The first-order valence-corrected chi connectivity index (χ1v) is 14.7. The van der Waals surface area contributed by atoms with E-state index in [4.69, 9.17) is 0 Å². The fourth-order valence-corrected chi connectivity index (χ4v) is 6.91. The Morgan fingerprint density at radius 3 is 1.81 bits per heavy atom. The van der Waals surface area contributed by atoms with Crippen LogP contribution in [-0.2, 0) is 5.41 Å². The summed E-state index contributed by atoms with van der Waals surface area (Å²) in [5, 5.41) is 2.54. The summed E-state index contributed by atoms with van der Waals surface area (Å²) in [7, 11) is 0. The summed E-state index contributed by atoms with van der Waals surface area (Å²) >= 11 is 0. The van der Waals surface area contributed by atoms with Crippen molar-refractivity contribution in [3.05, 3.63) is 156 Å². The van der Waals surface area contributed by atoms with Crippen LogP contribution >= 0.6 is 0 Å². The topological polar surface area (TPSA) is 8.17 Å². The van der Waals surface area contributed by atoms with E-state index in [1.807, 2.05) is 0 Å². The van der Waals surface area contributed by atoms with Crippen molar-refractivity contribution < 1.29 is 0 Å². The van der Waals surface area contributed by atoms with Crippen molar-refractivity contribution in [2.45, 2.75) is 26.2 Å². The molecule has 202 valence electrons. The Hall–Kier alpha value is -5.08. The molecule has 42 heavy (non-hydrogen) atoms. The maximum absolute atomic E-state index is 2.47. The number of aryl methyl sites for hydroxylation is 1. The molecule has 0 fully saturated rings. The van der Waals surface area contributed by atoms with E-state index in [1.165, 1.54) is 55.3 Å². The highest BCUT2D eigenvalue weighted by Gasteiger charge is 2.36. The lowest BCUT2D eigenvalue weighted by Crippen LogP contribution is -2.14. The van der Waals surface area contributed by atoms with E-state index in [9.17, 15) is 0 Å². The van der Waals surface area contributed by atoms with Crippen molar-refractivity contribution in [1.29, 1.82) is 0 Å². The zero-order valence-electron chi connectivity index (χ0n) is 24.2. The SMILES string of the molecule is Cc1ccc(-n2c3ccc(N(c4ccccc4)c4ccccc4)cc3c3cc4c(cc32)-c2ccccc2C4(C)C)cc1. The molecule has 0 saturated carbocycles. The van der Waals surface area contributed by atoms with Gasteiger partial charge < -0.3 is 9.47 Å². The third-order valence-electron chi connectivity index (χ3n) is 9.03. The molecule has 0 atom stereocenters. The minimum absolute atomic E-state index is 0.0594. The maximum Gasteiger partial charge on any atom is 0.0547 e. The lowest BCUT2D eigenvalue weighted by molar-refractivity contribution is 0.661. The fourth-order valence-electron chi connectivity index (χ4n) is 6.91. The van der Waals surface area contributed by atoms with Crippen LogP contribution in [0.25, 0.3) is 38.6 Å². The number of anilines is 3. The molecule has 0 amide bonds. The van der Waals surface area contributed by atoms with Gasteiger partial charge in [-0.1, -0.05) is 92.2 Å². The van der Waals surface area contributed by atoms with Crippen molar-refractivity contribution in [3.63, 3.8) is 0 Å². The van der Waals surface area contributed by atoms with E-state index >= 15 is 0 Å². The van der Waals surface area contributed by atoms with E-state index in [1.54, 1.807) is 0 Å². The Balaban J connectivity index is 1.44. The van der Waals surface area contributed by atoms with Gasteiger partial charge in [-0.3, -0.25) is 0 Å². The van der Waals surface area contributed by atoms with Gasteiger partial charge in [0.1, 0.15) is 0 Å². The molecule has 0 aliphatic heterocycles. The Morgan fingerprint density at radius 2 is 1.12 bits per heavy atom. The van der Waals surface area contributed by atoms with Gasteiger partial charge in [0.25, 0.3) is 0 Å². The molecule has 0 bridgehead atoms. The van der Waals surface area contributed by atoms with E-state index in [0.717, 1.165) is 17.1 Å². The molecule has 0 radical (unpaired) electrons. The van der Waals surface area contributed by atoms with Crippen LogP contribution in [-0.4, -0.2) is 4.57 Å². The molecule has 8 rings (SSSR count). The molecule has 0 saturated heterocycles. The molecule has 2 heteroatoms. The van der Waals surface area contributed by atoms with Gasteiger partial charge >= 0.3 is 0 Å². The average molecular weight is 541 g/mol. The Kier molecular flexibility index (Phi) is 5.42. The molecule has 1 aromatic heterocycles. The fraction of sp³-hybridized carbons (Fsp3) is 0.100. The van der Waals surface area contributed by atoms with E-state index in [2.05, 4.69) is 170 Å². The van der Waals surface area contributed by atoms with Crippen molar-refractivity contribution in [2.24, 2.45) is 0 Å². The second-order valence-corrected chi connectivity index (χ2v) is 12.0. The monoisotopic (exact) mass is 540 g/mol. The van der Waals surface area contributed by atoms with Crippen LogP contribution in [0.4, 0.5) is 17.1 Å². The second-order valence-electron chi connectivity index (χ2n) is 12.0. The first-order chi connectivity index (χ1) is 20.5. The Morgan fingerprint density at radius 1 is 0.500 bits per heavy atom. The number of para-hydroxylation sites is 2. The Bertz CT molecular complexity index is 2060. The van der Waals surface area contributed by atoms with Gasteiger partial charge in [0, 0.05) is 38.9 Å². The molecular weight excluding hydrogens is 508 g/mol. The quantitative estimate of drug-likeness (QED) is 0.216. The zero-order chi connectivity index (χ0) is 28.4. The van der Waals surface area contributed by atoms with Crippen LogP contribution < -0.4 is 4.90 Å². The lowest BCUT2D eigenvalue weighted by Gasteiger charge is -2.25. The first kappa shape index (κ1) is 24.7. The highest BCUT2D eigenvalue weighted by atomic mass is 15.1. The van der Waals surface area contributed by atoms with Gasteiger partial charge in [0.15, 0.2) is 0 Å². The predicted molar refractivity (Wildman–Crippen MR) is 178 cm³/mol. The number of aromatic nitrogens is 1. The van der Waals surface area contributed by atoms with Crippen molar-refractivity contribution >= 4 is 38.9 Å². The minimum atomic E-state index is -0.0594. The summed E-state index contributed by atoms with van der Waals surface area (Å²) in [6.07, 6.45) is 0. The molecule has 1 aliphatic carbocycles. The van der Waals surface area contributed by atoms with Crippen LogP contribution in [0.15, 0.2) is 140 Å². The third kappa shape index (κ3) is 3.65. The standard InChI is InChI=1S/C40H32N2/c1-27-18-20-30(21-19-27)42-38-23-22-31(41(28-12-6-4-7-13-28)29-14-8-5-9-15-29)24-34(38)35-25-37-33(26-39(35)42)32-16-10-11-17-36(32)40(37,2)3/h4-26H,1-3H3. The first-order valence-electron chi connectivity index (χ1n) is 14.7. The summed E-state index contributed by atoms with van der Waals surface area (Å²) in [4.78, 5) is 2.35. The number of rotatable bonds is 4. The number of hydrogen-bond donors (Lipinski definition) is 0. The third-order valence-corrected chi connectivity index (χ3v) is 9.03. The molecule has 0 spiro atoms. The molecule has 2 nitrogen and oxygen atoms in total. The zero-order valence-corrected chi connectivity index (χ0v) is 24.2. The molecule has 0 unspecified atom stereocenters. The van der Waals surface area contributed by atoms with Crippen LogP contribution in [0.1, 0.15) is 30.5 Å². The summed E-state index contributed by atoms with van der Waals surface area (Å²) in [6, 6.07) is 51.0. The summed E-state index contributed by atoms with van der Waals surface area (Å²) < 4.78 is 2.44.